The number of hydrogen-bond donors (Lipinski definition) is 0. The van der Waals surface area contributed by atoms with Gasteiger partial charge in [-0.2, -0.15) is 0 Å². The van der Waals surface area contributed by atoms with E-state index in [2.05, 4.69) is 64.8 Å². The third-order valence-electron chi connectivity index (χ3n) is 4.20. The van der Waals surface area contributed by atoms with Crippen LogP contribution in [-0.2, 0) is 6.54 Å². The van der Waals surface area contributed by atoms with Gasteiger partial charge in [0.25, 0.3) is 0 Å². The molecule has 1 fully saturated rings. The lowest BCUT2D eigenvalue weighted by molar-refractivity contribution is 0.140. The van der Waals surface area contributed by atoms with Crippen molar-refractivity contribution in [2.45, 2.75) is 36.9 Å². The Morgan fingerprint density at radius 1 is 1.14 bits per heavy atom. The van der Waals surface area contributed by atoms with Crippen LogP contribution in [-0.4, -0.2) is 22.7 Å². The van der Waals surface area contributed by atoms with Crippen molar-refractivity contribution < 1.29 is 0 Å². The van der Waals surface area contributed by atoms with Crippen LogP contribution < -0.4 is 0 Å². The minimum absolute atomic E-state index is 0.516. The number of thioether (sulfide) groups is 1. The van der Waals surface area contributed by atoms with E-state index in [-0.39, 0.29) is 0 Å². The molecule has 2 nitrogen and oxygen atoms in total. The van der Waals surface area contributed by atoms with E-state index in [4.69, 9.17) is 0 Å². The largest absolute Gasteiger partial charge is 0.292 e. The number of aromatic nitrogens is 1. The molecule has 1 aromatic carbocycles. The molecule has 0 radical (unpaired) electrons. The number of likely N-dealkylation sites (tertiary alicyclic amines) is 1. The Hall–Kier alpha value is -1.32. The SMILES string of the molecule is CSc1ccc([C@@H]2CCCCN2Cc2ccccc2)cn1. The standard InChI is InChI=1S/C18H22N2S/c1-21-18-11-10-16(13-19-18)17-9-5-6-12-20(17)14-15-7-3-2-4-8-15/h2-4,7-8,10-11,13,17H,5-6,9,12,14H2,1H3/t17-/m0/s1. The monoisotopic (exact) mass is 298 g/mol. The summed E-state index contributed by atoms with van der Waals surface area (Å²) in [4.78, 5) is 7.16. The Bertz CT molecular complexity index is 553. The molecule has 0 unspecified atom stereocenters. The summed E-state index contributed by atoms with van der Waals surface area (Å²) < 4.78 is 0. The maximum atomic E-state index is 4.55. The average molecular weight is 298 g/mol. The molecule has 2 heterocycles. The molecule has 0 amide bonds. The third-order valence-corrected chi connectivity index (χ3v) is 4.86. The number of hydrogen-bond acceptors (Lipinski definition) is 3. The molecule has 2 aromatic rings. The van der Waals surface area contributed by atoms with Crippen LogP contribution in [0.2, 0.25) is 0 Å². The fourth-order valence-corrected chi connectivity index (χ4v) is 3.45. The molecule has 0 spiro atoms. The van der Waals surface area contributed by atoms with Crippen LogP contribution in [0.15, 0.2) is 53.7 Å². The zero-order valence-electron chi connectivity index (χ0n) is 12.5. The van der Waals surface area contributed by atoms with Crippen LogP contribution in [0.3, 0.4) is 0 Å². The molecule has 1 aliphatic rings. The van der Waals surface area contributed by atoms with Gasteiger partial charge in [0.1, 0.15) is 0 Å². The summed E-state index contributed by atoms with van der Waals surface area (Å²) in [5, 5.41) is 1.10. The third kappa shape index (κ3) is 3.66. The molecule has 110 valence electrons. The van der Waals surface area contributed by atoms with Crippen molar-refractivity contribution in [1.29, 1.82) is 0 Å². The van der Waals surface area contributed by atoms with Crippen LogP contribution in [0.4, 0.5) is 0 Å². The zero-order chi connectivity index (χ0) is 14.5. The summed E-state index contributed by atoms with van der Waals surface area (Å²) in [6.07, 6.45) is 8.01. The molecular weight excluding hydrogens is 276 g/mol. The van der Waals surface area contributed by atoms with Crippen molar-refractivity contribution in [1.82, 2.24) is 9.88 Å². The Kier molecular flexibility index (Phi) is 4.94. The number of benzene rings is 1. The molecule has 3 heteroatoms. The van der Waals surface area contributed by atoms with E-state index in [1.54, 1.807) is 11.8 Å². The smallest absolute Gasteiger partial charge is 0.0957 e. The Morgan fingerprint density at radius 2 is 2.00 bits per heavy atom. The number of rotatable bonds is 4. The molecule has 1 aromatic heterocycles. The maximum Gasteiger partial charge on any atom is 0.0957 e. The molecule has 1 atom stereocenters. The van der Waals surface area contributed by atoms with Gasteiger partial charge in [0.05, 0.1) is 5.03 Å². The molecule has 0 bridgehead atoms. The van der Waals surface area contributed by atoms with E-state index in [9.17, 15) is 0 Å². The molecule has 21 heavy (non-hydrogen) atoms. The van der Waals surface area contributed by atoms with Crippen LogP contribution in [0.25, 0.3) is 0 Å². The van der Waals surface area contributed by atoms with Gasteiger partial charge < -0.3 is 0 Å². The molecule has 0 N–H and O–H groups in total. The summed E-state index contributed by atoms with van der Waals surface area (Å²) in [5.41, 5.74) is 2.77. The van der Waals surface area contributed by atoms with Gasteiger partial charge in [0.15, 0.2) is 0 Å². The second-order valence-electron chi connectivity index (χ2n) is 5.60. The van der Waals surface area contributed by atoms with E-state index in [0.29, 0.717) is 6.04 Å². The Labute approximate surface area is 131 Å². The maximum absolute atomic E-state index is 4.55. The van der Waals surface area contributed by atoms with Crippen molar-refractivity contribution in [2.24, 2.45) is 0 Å². The van der Waals surface area contributed by atoms with Crippen LogP contribution in [0.1, 0.15) is 36.4 Å². The van der Waals surface area contributed by atoms with Gasteiger partial charge in [0, 0.05) is 18.8 Å². The normalized spacial score (nSPS) is 19.6. The summed E-state index contributed by atoms with van der Waals surface area (Å²) in [6, 6.07) is 15.7. The summed E-state index contributed by atoms with van der Waals surface area (Å²) in [5.74, 6) is 0. The van der Waals surface area contributed by atoms with Gasteiger partial charge in [-0.05, 0) is 42.8 Å². The van der Waals surface area contributed by atoms with Crippen LogP contribution >= 0.6 is 11.8 Å². The first-order valence-electron chi connectivity index (χ1n) is 7.65. The minimum atomic E-state index is 0.516. The van der Waals surface area contributed by atoms with Crippen molar-refractivity contribution in [3.8, 4) is 0 Å². The first-order valence-corrected chi connectivity index (χ1v) is 8.87. The number of nitrogens with zero attached hydrogens (tertiary/aromatic N) is 2. The minimum Gasteiger partial charge on any atom is -0.292 e. The predicted octanol–water partition coefficient (Wildman–Crippen LogP) is 4.53. The van der Waals surface area contributed by atoms with Crippen molar-refractivity contribution in [2.75, 3.05) is 12.8 Å². The second-order valence-corrected chi connectivity index (χ2v) is 6.43. The molecule has 0 aliphatic carbocycles. The zero-order valence-corrected chi connectivity index (χ0v) is 13.4. The van der Waals surface area contributed by atoms with E-state index in [1.807, 2.05) is 0 Å². The highest BCUT2D eigenvalue weighted by Gasteiger charge is 2.24. The van der Waals surface area contributed by atoms with Crippen molar-refractivity contribution in [3.05, 3.63) is 59.8 Å². The van der Waals surface area contributed by atoms with Gasteiger partial charge in [-0.3, -0.25) is 4.90 Å². The molecular formula is C18H22N2S. The summed E-state index contributed by atoms with van der Waals surface area (Å²) in [7, 11) is 0. The average Bonchev–Trinajstić information content (AvgIpc) is 2.56. The van der Waals surface area contributed by atoms with Crippen LogP contribution in [0.5, 0.6) is 0 Å². The Balaban J connectivity index is 1.77. The first-order chi connectivity index (χ1) is 10.4. The summed E-state index contributed by atoms with van der Waals surface area (Å²) >= 11 is 1.70. The molecule has 3 rings (SSSR count). The first kappa shape index (κ1) is 14.6. The number of pyridine rings is 1. The lowest BCUT2D eigenvalue weighted by Crippen LogP contribution is -2.32. The molecule has 1 aliphatic heterocycles. The van der Waals surface area contributed by atoms with E-state index >= 15 is 0 Å². The van der Waals surface area contributed by atoms with E-state index < -0.39 is 0 Å². The highest BCUT2D eigenvalue weighted by molar-refractivity contribution is 7.98. The lowest BCUT2D eigenvalue weighted by Gasteiger charge is -2.36. The van der Waals surface area contributed by atoms with Gasteiger partial charge >= 0.3 is 0 Å². The van der Waals surface area contributed by atoms with Gasteiger partial charge in [-0.15, -0.1) is 11.8 Å². The topological polar surface area (TPSA) is 16.1 Å². The predicted molar refractivity (Wildman–Crippen MR) is 89.5 cm³/mol. The fraction of sp³-hybridized carbons (Fsp3) is 0.389. The van der Waals surface area contributed by atoms with Crippen molar-refractivity contribution >= 4 is 11.8 Å². The fourth-order valence-electron chi connectivity index (χ4n) is 3.09. The van der Waals surface area contributed by atoms with Crippen molar-refractivity contribution in [3.63, 3.8) is 0 Å². The number of piperidine rings is 1. The second kappa shape index (κ2) is 7.10. The van der Waals surface area contributed by atoms with Gasteiger partial charge in [0.2, 0.25) is 0 Å². The highest BCUT2D eigenvalue weighted by atomic mass is 32.2. The summed E-state index contributed by atoms with van der Waals surface area (Å²) in [6.45, 7) is 2.22. The lowest BCUT2D eigenvalue weighted by atomic mass is 9.96. The molecule has 1 saturated heterocycles. The Morgan fingerprint density at radius 3 is 2.71 bits per heavy atom. The van der Waals surface area contributed by atoms with Crippen LogP contribution in [0, 0.1) is 0 Å². The highest BCUT2D eigenvalue weighted by Crippen LogP contribution is 2.32. The quantitative estimate of drug-likeness (QED) is 0.771. The van der Waals surface area contributed by atoms with Gasteiger partial charge in [-0.1, -0.05) is 42.8 Å². The van der Waals surface area contributed by atoms with E-state index in [0.717, 1.165) is 11.6 Å². The van der Waals surface area contributed by atoms with Gasteiger partial charge in [-0.25, -0.2) is 4.98 Å². The molecule has 0 saturated carbocycles. The van der Waals surface area contributed by atoms with E-state index in [1.165, 1.54) is 36.9 Å².